The highest BCUT2D eigenvalue weighted by Crippen LogP contribution is 2.19. The van der Waals surface area contributed by atoms with Gasteiger partial charge in [-0.05, 0) is 24.3 Å². The van der Waals surface area contributed by atoms with Gasteiger partial charge in [0.05, 0.1) is 17.3 Å². The van der Waals surface area contributed by atoms with Gasteiger partial charge in [0.25, 0.3) is 5.91 Å². The average Bonchev–Trinajstić information content (AvgIpc) is 2.67. The lowest BCUT2D eigenvalue weighted by atomic mass is 10.2. The van der Waals surface area contributed by atoms with Crippen molar-refractivity contribution < 1.29 is 9.53 Å². The number of hydrogen-bond acceptors (Lipinski definition) is 5. The second kappa shape index (κ2) is 8.10. The van der Waals surface area contributed by atoms with Crippen molar-refractivity contribution in [3.8, 4) is 11.8 Å². The van der Waals surface area contributed by atoms with E-state index in [4.69, 9.17) is 21.6 Å². The fourth-order valence-electron chi connectivity index (χ4n) is 2.23. The number of hydrogen-bond donors (Lipinski definition) is 1. The van der Waals surface area contributed by atoms with Gasteiger partial charge in [0.15, 0.2) is 6.61 Å². The van der Waals surface area contributed by atoms with Crippen molar-refractivity contribution in [2.45, 2.75) is 0 Å². The first kappa shape index (κ1) is 17.4. The molecule has 6 nitrogen and oxygen atoms in total. The second-order valence-corrected chi connectivity index (χ2v) is 5.61. The van der Waals surface area contributed by atoms with E-state index in [9.17, 15) is 4.79 Å². The van der Waals surface area contributed by atoms with Crippen LogP contribution in [0.4, 0.5) is 0 Å². The first-order valence-corrected chi connectivity index (χ1v) is 8.04. The maximum Gasteiger partial charge on any atom is 0.277 e. The van der Waals surface area contributed by atoms with Gasteiger partial charge in [-0.25, -0.2) is 10.4 Å². The number of pyridine rings is 1. The predicted octanol–water partition coefficient (Wildman–Crippen LogP) is 3.29. The Labute approximate surface area is 154 Å². The van der Waals surface area contributed by atoms with E-state index in [-0.39, 0.29) is 6.61 Å². The molecule has 0 fully saturated rings. The summed E-state index contributed by atoms with van der Waals surface area (Å²) in [6.07, 6.45) is 1.42. The molecule has 0 saturated carbocycles. The number of amides is 1. The van der Waals surface area contributed by atoms with Gasteiger partial charge in [-0.2, -0.15) is 10.4 Å². The second-order valence-electron chi connectivity index (χ2n) is 5.25. The van der Waals surface area contributed by atoms with Gasteiger partial charge < -0.3 is 4.74 Å². The summed E-state index contributed by atoms with van der Waals surface area (Å²) >= 11 is 6.12. The van der Waals surface area contributed by atoms with Crippen molar-refractivity contribution in [1.29, 1.82) is 5.26 Å². The fraction of sp³-hybridized carbons (Fsp3) is 0.0526. The standard InChI is InChI=1S/C19H13ClN4O2/c20-19-15(9-13-5-1-3-7-16(13)23-19)11-22-24-18(25)12-26-17-8-4-2-6-14(17)10-21/h1-9,11H,12H2,(H,24,25)/b22-11+. The highest BCUT2D eigenvalue weighted by atomic mass is 35.5. The lowest BCUT2D eigenvalue weighted by Gasteiger charge is -2.06. The van der Waals surface area contributed by atoms with Crippen LogP contribution in [0.1, 0.15) is 11.1 Å². The van der Waals surface area contributed by atoms with Crippen LogP contribution in [-0.4, -0.2) is 23.7 Å². The van der Waals surface area contributed by atoms with Crippen molar-refractivity contribution in [2.24, 2.45) is 5.10 Å². The number of halogens is 1. The lowest BCUT2D eigenvalue weighted by molar-refractivity contribution is -0.123. The molecule has 2 aromatic carbocycles. The van der Waals surface area contributed by atoms with E-state index >= 15 is 0 Å². The van der Waals surface area contributed by atoms with Gasteiger partial charge in [-0.15, -0.1) is 0 Å². The van der Waals surface area contributed by atoms with Gasteiger partial charge >= 0.3 is 0 Å². The van der Waals surface area contributed by atoms with Crippen molar-refractivity contribution in [3.05, 3.63) is 70.9 Å². The van der Waals surface area contributed by atoms with E-state index in [0.29, 0.717) is 22.0 Å². The fourth-order valence-corrected chi connectivity index (χ4v) is 2.43. The number of para-hydroxylation sites is 2. The minimum absolute atomic E-state index is 0.264. The quantitative estimate of drug-likeness (QED) is 0.427. The minimum atomic E-state index is -0.459. The van der Waals surface area contributed by atoms with Crippen molar-refractivity contribution in [2.75, 3.05) is 6.61 Å². The van der Waals surface area contributed by atoms with Gasteiger partial charge in [-0.3, -0.25) is 4.79 Å². The number of nitriles is 1. The van der Waals surface area contributed by atoms with Gasteiger partial charge in [-0.1, -0.05) is 41.9 Å². The van der Waals surface area contributed by atoms with Crippen LogP contribution in [-0.2, 0) is 4.79 Å². The molecule has 3 rings (SSSR count). The van der Waals surface area contributed by atoms with E-state index in [1.807, 2.05) is 36.4 Å². The normalized spacial score (nSPS) is 10.6. The number of nitrogens with one attached hydrogen (secondary N) is 1. The van der Waals surface area contributed by atoms with Gasteiger partial charge in [0.2, 0.25) is 0 Å². The van der Waals surface area contributed by atoms with Crippen molar-refractivity contribution in [1.82, 2.24) is 10.4 Å². The Morgan fingerprint density at radius 1 is 1.27 bits per heavy atom. The molecule has 7 heteroatoms. The highest BCUT2D eigenvalue weighted by molar-refractivity contribution is 6.32. The molecule has 0 atom stereocenters. The van der Waals surface area contributed by atoms with E-state index in [1.165, 1.54) is 6.21 Å². The summed E-state index contributed by atoms with van der Waals surface area (Å²) in [5.41, 5.74) is 4.07. The first-order chi connectivity index (χ1) is 12.7. The third-order valence-corrected chi connectivity index (χ3v) is 3.77. The zero-order valence-electron chi connectivity index (χ0n) is 13.5. The number of rotatable bonds is 5. The van der Waals surface area contributed by atoms with Crippen LogP contribution in [0.5, 0.6) is 5.75 Å². The molecule has 1 heterocycles. The monoisotopic (exact) mass is 364 g/mol. The SMILES string of the molecule is N#Cc1ccccc1OCC(=O)N/N=C/c1cc2ccccc2nc1Cl. The molecule has 26 heavy (non-hydrogen) atoms. The topological polar surface area (TPSA) is 87.4 Å². The van der Waals surface area contributed by atoms with Crippen LogP contribution in [0.2, 0.25) is 5.15 Å². The third-order valence-electron chi connectivity index (χ3n) is 3.46. The molecule has 3 aromatic rings. The van der Waals surface area contributed by atoms with Crippen molar-refractivity contribution in [3.63, 3.8) is 0 Å². The zero-order chi connectivity index (χ0) is 18.4. The van der Waals surface area contributed by atoms with Crippen LogP contribution in [0.3, 0.4) is 0 Å². The number of carbonyl (C=O) groups excluding carboxylic acids is 1. The Balaban J connectivity index is 1.61. The molecular formula is C19H13ClN4O2. The van der Waals surface area contributed by atoms with Crippen LogP contribution in [0.25, 0.3) is 10.9 Å². The van der Waals surface area contributed by atoms with E-state index in [1.54, 1.807) is 24.3 Å². The summed E-state index contributed by atoms with van der Waals surface area (Å²) in [7, 11) is 0. The summed E-state index contributed by atoms with van der Waals surface area (Å²) in [6, 6.07) is 18.1. The number of ether oxygens (including phenoxy) is 1. The number of fused-ring (bicyclic) bond motifs is 1. The highest BCUT2D eigenvalue weighted by Gasteiger charge is 2.06. The molecule has 0 bridgehead atoms. The molecular weight excluding hydrogens is 352 g/mol. The van der Waals surface area contributed by atoms with E-state index < -0.39 is 5.91 Å². The molecule has 128 valence electrons. The number of benzene rings is 2. The van der Waals surface area contributed by atoms with Crippen LogP contribution < -0.4 is 10.2 Å². The molecule has 0 aliphatic rings. The van der Waals surface area contributed by atoms with Crippen molar-refractivity contribution >= 4 is 34.6 Å². The largest absolute Gasteiger partial charge is 0.482 e. The van der Waals surface area contributed by atoms with Crippen LogP contribution in [0, 0.1) is 11.3 Å². The van der Waals surface area contributed by atoms with Gasteiger partial charge in [0.1, 0.15) is 17.0 Å². The molecule has 1 amide bonds. The molecule has 0 aliphatic carbocycles. The molecule has 0 saturated heterocycles. The average molecular weight is 365 g/mol. The summed E-state index contributed by atoms with van der Waals surface area (Å²) < 4.78 is 5.33. The van der Waals surface area contributed by atoms with E-state index in [0.717, 1.165) is 10.9 Å². The Morgan fingerprint density at radius 2 is 2.04 bits per heavy atom. The maximum atomic E-state index is 11.8. The maximum absolute atomic E-state index is 11.8. The Bertz CT molecular complexity index is 1030. The summed E-state index contributed by atoms with van der Waals surface area (Å²) in [5, 5.41) is 14.1. The lowest BCUT2D eigenvalue weighted by Crippen LogP contribution is -2.24. The number of aromatic nitrogens is 1. The third kappa shape index (κ3) is 4.15. The molecule has 0 aliphatic heterocycles. The molecule has 1 aromatic heterocycles. The number of carbonyl (C=O) groups is 1. The molecule has 0 spiro atoms. The first-order valence-electron chi connectivity index (χ1n) is 7.66. The summed E-state index contributed by atoms with van der Waals surface area (Å²) in [5.74, 6) is -0.116. The van der Waals surface area contributed by atoms with E-state index in [2.05, 4.69) is 15.5 Å². The Morgan fingerprint density at radius 3 is 2.88 bits per heavy atom. The number of nitrogens with zero attached hydrogens (tertiary/aromatic N) is 3. The summed E-state index contributed by atoms with van der Waals surface area (Å²) in [4.78, 5) is 16.1. The molecule has 1 N–H and O–H groups in total. The zero-order valence-corrected chi connectivity index (χ0v) is 14.3. The minimum Gasteiger partial charge on any atom is -0.482 e. The number of hydrazone groups is 1. The smallest absolute Gasteiger partial charge is 0.277 e. The molecule has 0 unspecified atom stereocenters. The predicted molar refractivity (Wildman–Crippen MR) is 99.1 cm³/mol. The molecule has 0 radical (unpaired) electrons. The Kier molecular flexibility index (Phi) is 5.42. The van der Waals surface area contributed by atoms with Gasteiger partial charge in [0, 0.05) is 10.9 Å². The van der Waals surface area contributed by atoms with Crippen LogP contribution >= 0.6 is 11.6 Å². The van der Waals surface area contributed by atoms with Crippen LogP contribution in [0.15, 0.2) is 59.7 Å². The Hall–Kier alpha value is -3.43. The summed E-state index contributed by atoms with van der Waals surface area (Å²) in [6.45, 7) is -0.264.